The molecule has 4 nitrogen and oxygen atoms in total. The number of nitrogens with two attached hydrogens (primary N) is 1. The van der Waals surface area contributed by atoms with Crippen molar-refractivity contribution in [2.75, 3.05) is 0 Å². The van der Waals surface area contributed by atoms with E-state index < -0.39 is 16.8 Å². The van der Waals surface area contributed by atoms with E-state index in [1.54, 1.807) is 13.8 Å². The van der Waals surface area contributed by atoms with Gasteiger partial charge < -0.3 is 16.3 Å². The number of thiol groups is 1. The van der Waals surface area contributed by atoms with Gasteiger partial charge in [0, 0.05) is 4.75 Å². The third-order valence-electron chi connectivity index (χ3n) is 1.03. The van der Waals surface area contributed by atoms with E-state index >= 15 is 0 Å². The molecule has 0 aromatic heterocycles. The second-order valence-corrected chi connectivity index (χ2v) is 3.62. The van der Waals surface area contributed by atoms with Crippen LogP contribution in [0.25, 0.3) is 0 Å². The fourth-order valence-corrected chi connectivity index (χ4v) is 0.413. The lowest BCUT2D eigenvalue weighted by atomic mass is 10.1. The minimum Gasteiger partial charge on any atom is -0.480 e. The molecule has 0 aliphatic carbocycles. The molecule has 0 bridgehead atoms. The zero-order valence-electron chi connectivity index (χ0n) is 5.96. The molecule has 0 saturated carbocycles. The molecule has 5 N–H and O–H groups in total. The second kappa shape index (κ2) is 3.80. The van der Waals surface area contributed by atoms with Gasteiger partial charge in [-0.05, 0) is 13.8 Å². The lowest BCUT2D eigenvalue weighted by Crippen LogP contribution is -2.45. The van der Waals surface area contributed by atoms with Crippen molar-refractivity contribution >= 4 is 18.6 Å². The summed E-state index contributed by atoms with van der Waals surface area (Å²) in [6.07, 6.45) is 0. The van der Waals surface area contributed by atoms with Gasteiger partial charge in [-0.15, -0.1) is 0 Å². The van der Waals surface area contributed by atoms with E-state index in [-0.39, 0.29) is 5.48 Å². The van der Waals surface area contributed by atoms with E-state index in [0.717, 1.165) is 0 Å². The number of hydrogen-bond donors (Lipinski definition) is 3. The molecule has 0 aromatic carbocycles. The highest BCUT2D eigenvalue weighted by Gasteiger charge is 2.27. The van der Waals surface area contributed by atoms with Gasteiger partial charge in [0.05, 0.1) is 0 Å². The Balaban J connectivity index is 0. The van der Waals surface area contributed by atoms with Crippen LogP contribution in [0, 0.1) is 0 Å². The van der Waals surface area contributed by atoms with E-state index in [1.807, 2.05) is 0 Å². The maximum absolute atomic E-state index is 10.2. The van der Waals surface area contributed by atoms with Crippen LogP contribution in [0.5, 0.6) is 0 Å². The number of carboxylic acid groups (broad SMARTS) is 1. The average molecular weight is 167 g/mol. The maximum atomic E-state index is 10.2. The number of carboxylic acids is 1. The van der Waals surface area contributed by atoms with Crippen LogP contribution in [0.15, 0.2) is 0 Å². The highest BCUT2D eigenvalue weighted by Crippen LogP contribution is 2.15. The second-order valence-electron chi connectivity index (χ2n) is 2.47. The van der Waals surface area contributed by atoms with E-state index in [2.05, 4.69) is 12.6 Å². The molecule has 0 amide bonds. The van der Waals surface area contributed by atoms with Crippen LogP contribution in [0.2, 0.25) is 0 Å². The lowest BCUT2D eigenvalue weighted by molar-refractivity contribution is -0.139. The van der Waals surface area contributed by atoms with Gasteiger partial charge in [0.2, 0.25) is 0 Å². The van der Waals surface area contributed by atoms with Gasteiger partial charge in [-0.3, -0.25) is 4.79 Å². The third-order valence-corrected chi connectivity index (χ3v) is 1.31. The van der Waals surface area contributed by atoms with E-state index in [0.29, 0.717) is 0 Å². The summed E-state index contributed by atoms with van der Waals surface area (Å²) in [4.78, 5) is 10.2. The first kappa shape index (κ1) is 12.4. The number of aliphatic carboxylic acids is 1. The van der Waals surface area contributed by atoms with Crippen molar-refractivity contribution in [2.45, 2.75) is 24.6 Å². The van der Waals surface area contributed by atoms with Crippen molar-refractivity contribution in [1.29, 1.82) is 0 Å². The molecule has 0 radical (unpaired) electrons. The first-order valence-electron chi connectivity index (χ1n) is 2.56. The summed E-state index contributed by atoms with van der Waals surface area (Å²) in [6.45, 7) is 3.32. The molecule has 0 heterocycles. The maximum Gasteiger partial charge on any atom is 0.321 e. The Morgan fingerprint density at radius 3 is 2.00 bits per heavy atom. The molecule has 0 aromatic rings. The van der Waals surface area contributed by atoms with Gasteiger partial charge in [0.25, 0.3) is 0 Å². The predicted molar refractivity (Wildman–Crippen MR) is 42.3 cm³/mol. The molecular formula is C5H13NO3S. The van der Waals surface area contributed by atoms with Gasteiger partial charge in [-0.1, -0.05) is 0 Å². The molecule has 5 heteroatoms. The summed E-state index contributed by atoms with van der Waals surface area (Å²) in [5.41, 5.74) is 5.22. The molecule has 0 fully saturated rings. The summed E-state index contributed by atoms with van der Waals surface area (Å²) in [6, 6.07) is -0.902. The van der Waals surface area contributed by atoms with Crippen LogP contribution in [-0.4, -0.2) is 27.3 Å². The van der Waals surface area contributed by atoms with Crippen LogP contribution >= 0.6 is 12.6 Å². The van der Waals surface area contributed by atoms with E-state index in [4.69, 9.17) is 10.8 Å². The van der Waals surface area contributed by atoms with Crippen molar-refractivity contribution in [3.63, 3.8) is 0 Å². The van der Waals surface area contributed by atoms with Crippen LogP contribution in [0.3, 0.4) is 0 Å². The highest BCUT2D eigenvalue weighted by atomic mass is 32.1. The lowest BCUT2D eigenvalue weighted by Gasteiger charge is -2.21. The van der Waals surface area contributed by atoms with E-state index in [9.17, 15) is 4.79 Å². The first-order valence-corrected chi connectivity index (χ1v) is 3.01. The Labute approximate surface area is 65.1 Å². The largest absolute Gasteiger partial charge is 0.480 e. The molecule has 0 spiro atoms. The summed E-state index contributed by atoms with van der Waals surface area (Å²) >= 11 is 3.98. The quantitative estimate of drug-likeness (QED) is 0.474. The number of rotatable bonds is 2. The van der Waals surface area contributed by atoms with Crippen molar-refractivity contribution in [3.8, 4) is 0 Å². The van der Waals surface area contributed by atoms with Crippen molar-refractivity contribution in [3.05, 3.63) is 0 Å². The average Bonchev–Trinajstić information content (AvgIpc) is 1.62. The molecular weight excluding hydrogens is 154 g/mol. The zero-order chi connectivity index (χ0) is 7.65. The van der Waals surface area contributed by atoms with Crippen LogP contribution in [0.1, 0.15) is 13.8 Å². The van der Waals surface area contributed by atoms with Crippen molar-refractivity contribution < 1.29 is 15.4 Å². The normalized spacial score (nSPS) is 13.6. The SMILES string of the molecule is CC(C)(S)[C@@H](N)C(=O)O.O. The Morgan fingerprint density at radius 2 is 2.00 bits per heavy atom. The monoisotopic (exact) mass is 167 g/mol. The molecule has 0 rings (SSSR count). The molecule has 1 atom stereocenters. The molecule has 10 heavy (non-hydrogen) atoms. The topological polar surface area (TPSA) is 94.8 Å². The number of carbonyl (C=O) groups is 1. The van der Waals surface area contributed by atoms with Crippen LogP contribution in [0.4, 0.5) is 0 Å². The van der Waals surface area contributed by atoms with E-state index in [1.165, 1.54) is 0 Å². The first-order chi connectivity index (χ1) is 3.85. The Hall–Kier alpha value is -0.260. The summed E-state index contributed by atoms with van der Waals surface area (Å²) in [5, 5.41) is 8.34. The minimum absolute atomic E-state index is 0. The molecule has 0 unspecified atom stereocenters. The Morgan fingerprint density at radius 1 is 1.70 bits per heavy atom. The van der Waals surface area contributed by atoms with Gasteiger partial charge in [-0.2, -0.15) is 12.6 Å². The number of hydrogen-bond acceptors (Lipinski definition) is 3. The highest BCUT2D eigenvalue weighted by molar-refractivity contribution is 7.81. The molecule has 0 aliphatic heterocycles. The van der Waals surface area contributed by atoms with Crippen LogP contribution < -0.4 is 5.73 Å². The third kappa shape index (κ3) is 3.71. The Kier molecular flexibility index (Phi) is 4.72. The summed E-state index contributed by atoms with van der Waals surface area (Å²) in [7, 11) is 0. The minimum atomic E-state index is -1.02. The van der Waals surface area contributed by atoms with Gasteiger partial charge in [0.15, 0.2) is 0 Å². The van der Waals surface area contributed by atoms with Crippen LogP contribution in [-0.2, 0) is 4.79 Å². The summed E-state index contributed by atoms with van der Waals surface area (Å²) in [5.74, 6) is -1.02. The fraction of sp³-hybridized carbons (Fsp3) is 0.800. The molecule has 62 valence electrons. The Bertz CT molecular complexity index is 121. The van der Waals surface area contributed by atoms with Gasteiger partial charge >= 0.3 is 5.97 Å². The molecule has 0 aliphatic rings. The summed E-state index contributed by atoms with van der Waals surface area (Å²) < 4.78 is -0.647. The fourth-order valence-electron chi connectivity index (χ4n) is 0.302. The molecule has 0 saturated heterocycles. The predicted octanol–water partition coefficient (Wildman–Crippen LogP) is -0.718. The smallest absolute Gasteiger partial charge is 0.321 e. The van der Waals surface area contributed by atoms with Gasteiger partial charge in [0.1, 0.15) is 6.04 Å². The van der Waals surface area contributed by atoms with Crippen molar-refractivity contribution in [1.82, 2.24) is 0 Å². The standard InChI is InChI=1S/C5H11NO2S.H2O/c1-5(2,9)3(6)4(7)8;/h3,9H,6H2,1-2H3,(H,7,8);1H2/t3-;/m0./s1. The zero-order valence-corrected chi connectivity index (χ0v) is 6.85. The van der Waals surface area contributed by atoms with Gasteiger partial charge in [-0.25, -0.2) is 0 Å². The van der Waals surface area contributed by atoms with Crippen molar-refractivity contribution in [2.24, 2.45) is 5.73 Å².